The highest BCUT2D eigenvalue weighted by Crippen LogP contribution is 2.35. The Kier molecular flexibility index (Phi) is 4.98. The molecule has 0 aromatic heterocycles. The van der Waals surface area contributed by atoms with Crippen LogP contribution in [0, 0.1) is 10.7 Å². The minimum atomic E-state index is -0.576. The summed E-state index contributed by atoms with van der Waals surface area (Å²) in [4.78, 5) is 22.2. The second-order valence-corrected chi connectivity index (χ2v) is 6.19. The third kappa shape index (κ3) is 3.84. The lowest BCUT2D eigenvalue weighted by atomic mass is 9.95. The predicted octanol–water partition coefficient (Wildman–Crippen LogP) is 4.79. The zero-order valence-electron chi connectivity index (χ0n) is 14.5. The van der Waals surface area contributed by atoms with Crippen molar-refractivity contribution >= 4 is 11.5 Å². The van der Waals surface area contributed by atoms with Crippen molar-refractivity contribution in [3.05, 3.63) is 88.1 Å². The second kappa shape index (κ2) is 7.37. The maximum atomic E-state index is 15.1. The van der Waals surface area contributed by atoms with E-state index in [0.29, 0.717) is 16.7 Å². The first-order valence-corrected chi connectivity index (χ1v) is 8.23. The van der Waals surface area contributed by atoms with Crippen LogP contribution in [0.4, 0.5) is 10.1 Å². The molecule has 0 unspecified atom stereocenters. The summed E-state index contributed by atoms with van der Waals surface area (Å²) in [6.45, 7) is 1.42. The number of carbonyl (C=O) groups excluding carboxylic acids is 1. The van der Waals surface area contributed by atoms with Gasteiger partial charge in [-0.25, -0.2) is 9.60 Å². The summed E-state index contributed by atoms with van der Waals surface area (Å²) in [7, 11) is 0. The van der Waals surface area contributed by atoms with Crippen molar-refractivity contribution in [3.8, 4) is 16.9 Å². The van der Waals surface area contributed by atoms with Gasteiger partial charge in [-0.15, -0.1) is 0 Å². The van der Waals surface area contributed by atoms with Crippen molar-refractivity contribution in [1.82, 2.24) is 0 Å². The van der Waals surface area contributed by atoms with Crippen LogP contribution in [0.5, 0.6) is 5.75 Å². The molecule has 0 amide bonds. The van der Waals surface area contributed by atoms with Crippen molar-refractivity contribution in [2.75, 3.05) is 0 Å². The number of carbonyl (C=O) groups is 1. The highest BCUT2D eigenvalue weighted by atomic mass is 19.1. The fourth-order valence-electron chi connectivity index (χ4n) is 2.88. The van der Waals surface area contributed by atoms with Gasteiger partial charge < -0.3 is 5.11 Å². The second-order valence-electron chi connectivity index (χ2n) is 6.19. The predicted molar refractivity (Wildman–Crippen MR) is 97.8 cm³/mol. The van der Waals surface area contributed by atoms with Gasteiger partial charge in [-0.3, -0.25) is 4.79 Å². The monoisotopic (exact) mass is 366 g/mol. The maximum Gasteiger partial charge on any atom is 0.316 e. The van der Waals surface area contributed by atoms with Gasteiger partial charge in [0.2, 0.25) is 0 Å². The van der Waals surface area contributed by atoms with Crippen LogP contribution in [-0.4, -0.2) is 21.0 Å². The van der Waals surface area contributed by atoms with E-state index in [4.69, 9.17) is 5.21 Å². The smallest absolute Gasteiger partial charge is 0.316 e. The molecule has 3 aromatic rings. The normalized spacial score (nSPS) is 10.6. The zero-order valence-corrected chi connectivity index (χ0v) is 14.5. The third-order valence-electron chi connectivity index (χ3n) is 4.31. The average Bonchev–Trinajstić information content (AvgIpc) is 2.65. The number of Topliss-reactive ketones (excluding diaryl/α,β-unsaturated/α-hetero) is 1. The van der Waals surface area contributed by atoms with Gasteiger partial charge in [-0.2, -0.15) is 0 Å². The summed E-state index contributed by atoms with van der Waals surface area (Å²) in [5.41, 5.74) is 2.04. The quantitative estimate of drug-likeness (QED) is 0.503. The molecule has 0 saturated heterocycles. The lowest BCUT2D eigenvalue weighted by molar-refractivity contribution is -0.729. The Morgan fingerprint density at radius 3 is 2.41 bits per heavy atom. The van der Waals surface area contributed by atoms with E-state index < -0.39 is 5.82 Å². The number of ketones is 1. The van der Waals surface area contributed by atoms with Gasteiger partial charge in [0.25, 0.3) is 4.92 Å². The number of rotatable bonds is 5. The van der Waals surface area contributed by atoms with Crippen LogP contribution in [0.2, 0.25) is 0 Å². The molecule has 0 spiro atoms. The highest BCUT2D eigenvalue weighted by Gasteiger charge is 2.17. The van der Waals surface area contributed by atoms with Crippen LogP contribution in [0.25, 0.3) is 11.1 Å². The molecule has 3 aromatic carbocycles. The number of phenols is 1. The minimum absolute atomic E-state index is 0.0355. The number of aromatic hydroxyl groups is 1. The van der Waals surface area contributed by atoms with E-state index in [1.165, 1.54) is 31.2 Å². The van der Waals surface area contributed by atoms with E-state index >= 15 is 4.39 Å². The van der Waals surface area contributed by atoms with Crippen molar-refractivity contribution in [3.63, 3.8) is 0 Å². The molecule has 0 saturated carbocycles. The number of phenolic OH excluding ortho intramolecular Hbond substituents is 1. The molecule has 0 heterocycles. The molecule has 0 atom stereocenters. The first kappa shape index (κ1) is 18.3. The van der Waals surface area contributed by atoms with E-state index in [9.17, 15) is 14.8 Å². The number of hydrogen-bond acceptors (Lipinski definition) is 3. The summed E-state index contributed by atoms with van der Waals surface area (Å²) in [6, 6.07) is 15.4. The molecular formula is C21H17FNO4+. The zero-order chi connectivity index (χ0) is 19.6. The summed E-state index contributed by atoms with van der Waals surface area (Å²) in [6.07, 6.45) is 0.232. The fourth-order valence-corrected chi connectivity index (χ4v) is 2.88. The van der Waals surface area contributed by atoms with Crippen LogP contribution in [0.3, 0.4) is 0 Å². The number of halogens is 1. The summed E-state index contributed by atoms with van der Waals surface area (Å²) in [5.74, 6) is -0.939. The van der Waals surface area contributed by atoms with Crippen molar-refractivity contribution in [2.45, 2.75) is 13.3 Å². The molecule has 2 N–H and O–H groups in total. The van der Waals surface area contributed by atoms with E-state index in [2.05, 4.69) is 0 Å². The van der Waals surface area contributed by atoms with Gasteiger partial charge in [-0.05, 0) is 35.7 Å². The standard InChI is InChI=1S/C21H16FNO4/c1-13(24)15-3-2-4-16(12-15)20-19(25)10-7-17(21(20)22)11-14-5-8-18(9-6-14)23(26)27/h2-10,12H,11H2,1H3,(H-,25,26,27)/p+1. The molecule has 0 bridgehead atoms. The first-order valence-electron chi connectivity index (χ1n) is 8.23. The van der Waals surface area contributed by atoms with Crippen LogP contribution < -0.4 is 0 Å². The van der Waals surface area contributed by atoms with E-state index in [-0.39, 0.29) is 34.1 Å². The number of hydrogen-bond donors (Lipinski definition) is 2. The Labute approximate surface area is 154 Å². The van der Waals surface area contributed by atoms with Crippen LogP contribution >= 0.6 is 0 Å². The summed E-state index contributed by atoms with van der Waals surface area (Å²) >= 11 is 0. The Bertz CT molecular complexity index is 1030. The summed E-state index contributed by atoms with van der Waals surface area (Å²) < 4.78 is 15.1. The SMILES string of the molecule is CC(=O)c1cccc(-c2c(O)ccc(Cc3ccc([N+](=O)O)cc3)c2F)c1. The highest BCUT2D eigenvalue weighted by molar-refractivity contribution is 5.95. The van der Waals surface area contributed by atoms with Crippen LogP contribution in [0.1, 0.15) is 28.4 Å². The molecule has 5 nitrogen and oxygen atoms in total. The number of benzene rings is 3. The Hall–Kier alpha value is -3.54. The van der Waals surface area contributed by atoms with E-state index in [1.807, 2.05) is 0 Å². The minimum Gasteiger partial charge on any atom is -0.507 e. The number of nitrogens with zero attached hydrogens (tertiary/aromatic N) is 1. The van der Waals surface area contributed by atoms with Crippen LogP contribution in [-0.2, 0) is 6.42 Å². The Morgan fingerprint density at radius 1 is 1.07 bits per heavy atom. The lowest BCUT2D eigenvalue weighted by Gasteiger charge is -2.12. The van der Waals surface area contributed by atoms with Crippen molar-refractivity contribution in [1.29, 1.82) is 0 Å². The fraction of sp³-hybridized carbons (Fsp3) is 0.0952. The van der Waals surface area contributed by atoms with Crippen molar-refractivity contribution < 1.29 is 24.4 Å². The Balaban J connectivity index is 1.99. The molecular weight excluding hydrogens is 349 g/mol. The van der Waals surface area contributed by atoms with Gasteiger partial charge in [0.1, 0.15) is 11.6 Å². The Morgan fingerprint density at radius 2 is 1.78 bits per heavy atom. The molecule has 27 heavy (non-hydrogen) atoms. The van der Waals surface area contributed by atoms with Gasteiger partial charge in [0.15, 0.2) is 5.78 Å². The van der Waals surface area contributed by atoms with Gasteiger partial charge in [-0.1, -0.05) is 36.4 Å². The van der Waals surface area contributed by atoms with E-state index in [1.54, 1.807) is 36.4 Å². The van der Waals surface area contributed by atoms with E-state index in [0.717, 1.165) is 5.56 Å². The first-order chi connectivity index (χ1) is 12.9. The topological polar surface area (TPSA) is 77.6 Å². The molecule has 136 valence electrons. The molecule has 3 rings (SSSR count). The molecule has 0 radical (unpaired) electrons. The van der Waals surface area contributed by atoms with Crippen LogP contribution in [0.15, 0.2) is 60.7 Å². The van der Waals surface area contributed by atoms with Gasteiger partial charge >= 0.3 is 5.69 Å². The molecule has 0 aliphatic carbocycles. The molecule has 0 aliphatic heterocycles. The lowest BCUT2D eigenvalue weighted by Crippen LogP contribution is -1.98. The van der Waals surface area contributed by atoms with Gasteiger partial charge in [0.05, 0.1) is 10.5 Å². The molecule has 0 fully saturated rings. The molecule has 6 heteroatoms. The largest absolute Gasteiger partial charge is 0.507 e. The van der Waals surface area contributed by atoms with Crippen molar-refractivity contribution in [2.24, 2.45) is 0 Å². The van der Waals surface area contributed by atoms with Gasteiger partial charge in [0, 0.05) is 24.1 Å². The average molecular weight is 366 g/mol. The third-order valence-corrected chi connectivity index (χ3v) is 4.31. The maximum absolute atomic E-state index is 15.1. The molecule has 0 aliphatic rings. The summed E-state index contributed by atoms with van der Waals surface area (Å²) in [5, 5.41) is 19.0.